The maximum Gasteiger partial charge on any atom is 0.422 e. The molecule has 1 amide bonds. The molecule has 1 fully saturated rings. The zero-order valence-electron chi connectivity index (χ0n) is 23.4. The van der Waals surface area contributed by atoms with Crippen molar-refractivity contribution in [2.75, 3.05) is 25.6 Å². The van der Waals surface area contributed by atoms with E-state index in [0.717, 1.165) is 29.9 Å². The number of ether oxygens (including phenoxy) is 3. The molecular weight excluding hydrogens is 593 g/mol. The van der Waals surface area contributed by atoms with Crippen LogP contribution in [-0.4, -0.2) is 53.7 Å². The van der Waals surface area contributed by atoms with Gasteiger partial charge in [-0.1, -0.05) is 11.6 Å². The van der Waals surface area contributed by atoms with E-state index in [1.54, 1.807) is 0 Å². The predicted molar refractivity (Wildman–Crippen MR) is 153 cm³/mol. The molecule has 1 heterocycles. The molecular formula is C30H30ClF3N2O7. The number of benzene rings is 2. The summed E-state index contributed by atoms with van der Waals surface area (Å²) in [5.74, 6) is -1.78. The summed E-state index contributed by atoms with van der Waals surface area (Å²) in [5.41, 5.74) is -0.390. The van der Waals surface area contributed by atoms with Crippen molar-refractivity contribution in [3.63, 3.8) is 0 Å². The second-order valence-electron chi connectivity index (χ2n) is 10.4. The number of carboxylic acids is 1. The molecule has 0 bridgehead atoms. The third-order valence-electron chi connectivity index (χ3n) is 7.18. The molecule has 0 aliphatic heterocycles. The van der Waals surface area contributed by atoms with Crippen LogP contribution in [0, 0.1) is 0 Å². The van der Waals surface area contributed by atoms with Crippen LogP contribution >= 0.6 is 11.6 Å². The van der Waals surface area contributed by atoms with Gasteiger partial charge in [-0.05, 0) is 68.7 Å². The van der Waals surface area contributed by atoms with Gasteiger partial charge in [-0.3, -0.25) is 14.2 Å². The van der Waals surface area contributed by atoms with E-state index in [2.05, 4.69) is 5.32 Å². The summed E-state index contributed by atoms with van der Waals surface area (Å²) in [6, 6.07) is 9.56. The van der Waals surface area contributed by atoms with E-state index in [4.69, 9.17) is 30.9 Å². The zero-order valence-corrected chi connectivity index (χ0v) is 24.1. The van der Waals surface area contributed by atoms with Gasteiger partial charge in [-0.15, -0.1) is 0 Å². The summed E-state index contributed by atoms with van der Waals surface area (Å²) in [4.78, 5) is 38.2. The van der Waals surface area contributed by atoms with Crippen molar-refractivity contribution >= 4 is 29.2 Å². The van der Waals surface area contributed by atoms with Gasteiger partial charge in [0.05, 0.1) is 24.5 Å². The lowest BCUT2D eigenvalue weighted by atomic mass is 9.82. The smallest absolute Gasteiger partial charge is 0.422 e. The Morgan fingerprint density at radius 3 is 2.35 bits per heavy atom. The number of methoxy groups -OCH3 is 1. The van der Waals surface area contributed by atoms with E-state index in [1.165, 1.54) is 55.8 Å². The lowest BCUT2D eigenvalue weighted by Gasteiger charge is -2.38. The number of rotatable bonds is 12. The number of halogens is 4. The lowest BCUT2D eigenvalue weighted by molar-refractivity contribution is -0.153. The Morgan fingerprint density at radius 1 is 1.09 bits per heavy atom. The fourth-order valence-electron chi connectivity index (χ4n) is 4.70. The fraction of sp³-hybridized carbons (Fsp3) is 0.367. The highest BCUT2D eigenvalue weighted by atomic mass is 35.5. The average molecular weight is 623 g/mol. The first-order chi connectivity index (χ1) is 20.3. The number of carbonyl (C=O) groups excluding carboxylic acids is 1. The molecule has 1 saturated carbocycles. The van der Waals surface area contributed by atoms with Crippen LogP contribution in [0.15, 0.2) is 59.5 Å². The molecule has 0 radical (unpaired) electrons. The number of nitrogens with zero attached hydrogens (tertiary/aromatic N) is 1. The summed E-state index contributed by atoms with van der Waals surface area (Å²) in [6.45, 7) is 0.575. The van der Waals surface area contributed by atoms with Crippen LogP contribution in [-0.2, 0) is 9.53 Å². The summed E-state index contributed by atoms with van der Waals surface area (Å²) in [5, 5.41) is 12.0. The highest BCUT2D eigenvalue weighted by Crippen LogP contribution is 2.39. The number of hydrogen-bond donors (Lipinski definition) is 2. The van der Waals surface area contributed by atoms with Gasteiger partial charge in [0.2, 0.25) is 5.91 Å². The van der Waals surface area contributed by atoms with Crippen LogP contribution in [0.4, 0.5) is 18.9 Å². The van der Waals surface area contributed by atoms with Crippen LogP contribution in [0.2, 0.25) is 5.02 Å². The Bertz CT molecular complexity index is 1540. The highest BCUT2D eigenvalue weighted by molar-refractivity contribution is 6.31. The monoisotopic (exact) mass is 622 g/mol. The molecule has 9 nitrogen and oxygen atoms in total. The third-order valence-corrected chi connectivity index (χ3v) is 7.41. The Labute approximate surface area is 250 Å². The molecule has 3 aromatic rings. The first-order valence-electron chi connectivity index (χ1n) is 13.4. The number of anilines is 1. The van der Waals surface area contributed by atoms with Gasteiger partial charge < -0.3 is 24.6 Å². The molecule has 43 heavy (non-hydrogen) atoms. The maximum atomic E-state index is 13.5. The van der Waals surface area contributed by atoms with Crippen LogP contribution in [0.3, 0.4) is 0 Å². The second-order valence-corrected chi connectivity index (χ2v) is 10.8. The molecule has 2 aromatic carbocycles. The Hall–Kier alpha value is -4.03. The van der Waals surface area contributed by atoms with Gasteiger partial charge in [0.25, 0.3) is 5.56 Å². The van der Waals surface area contributed by atoms with Crippen molar-refractivity contribution in [2.45, 2.75) is 50.4 Å². The van der Waals surface area contributed by atoms with Gasteiger partial charge in [-0.25, -0.2) is 4.79 Å². The molecule has 0 saturated heterocycles. The normalized spacial score (nSPS) is 14.8. The average Bonchev–Trinajstić information content (AvgIpc) is 2.93. The van der Waals surface area contributed by atoms with Crippen LogP contribution in [0.5, 0.6) is 11.5 Å². The molecule has 0 spiro atoms. The zero-order chi connectivity index (χ0) is 31.4. The molecule has 1 aliphatic rings. The number of nitrogens with one attached hydrogen (secondary N) is 1. The second kappa shape index (κ2) is 13.1. The van der Waals surface area contributed by atoms with Crippen molar-refractivity contribution in [3.05, 3.63) is 75.7 Å². The van der Waals surface area contributed by atoms with Crippen molar-refractivity contribution in [2.24, 2.45) is 0 Å². The first-order valence-corrected chi connectivity index (χ1v) is 13.7. The molecule has 2 N–H and O–H groups in total. The predicted octanol–water partition coefficient (Wildman–Crippen LogP) is 6.35. The number of aromatic carboxylic acids is 1. The topological polar surface area (TPSA) is 116 Å². The number of pyridine rings is 1. The summed E-state index contributed by atoms with van der Waals surface area (Å²) < 4.78 is 56.4. The van der Waals surface area contributed by atoms with E-state index < -0.39 is 36.3 Å². The number of hydrogen-bond acceptors (Lipinski definition) is 6. The van der Waals surface area contributed by atoms with E-state index in [1.807, 2.05) is 6.92 Å². The third kappa shape index (κ3) is 8.08. The molecule has 1 atom stereocenters. The van der Waals surface area contributed by atoms with E-state index >= 15 is 0 Å². The number of carbonyl (C=O) groups is 2. The van der Waals surface area contributed by atoms with Gasteiger partial charge in [-0.2, -0.15) is 13.2 Å². The van der Waals surface area contributed by atoms with Crippen molar-refractivity contribution in [1.29, 1.82) is 0 Å². The van der Waals surface area contributed by atoms with Gasteiger partial charge in [0.15, 0.2) is 6.61 Å². The largest absolute Gasteiger partial charge is 0.495 e. The Kier molecular flexibility index (Phi) is 9.71. The van der Waals surface area contributed by atoms with Crippen molar-refractivity contribution in [3.8, 4) is 22.6 Å². The summed E-state index contributed by atoms with van der Waals surface area (Å²) in [6.07, 6.45) is -0.412. The standard InChI is InChI=1S/C30H30ClF3N2O7/c1-29(11-3-12-29)43-13-10-23(27(38)35-20-7-4-18(5-8-20)28(39)40)36-16-25(41-2)22(15-26(36)37)21-14-19(31)6-9-24(21)42-17-30(32,33)34/h4-9,14-16,23H,3,10-13,17H2,1-2H3,(H,35,38)(H,39,40). The van der Waals surface area contributed by atoms with Crippen LogP contribution < -0.4 is 20.3 Å². The summed E-state index contributed by atoms with van der Waals surface area (Å²) >= 11 is 6.13. The van der Waals surface area contributed by atoms with Crippen molar-refractivity contribution in [1.82, 2.24) is 4.57 Å². The van der Waals surface area contributed by atoms with Gasteiger partial charge in [0, 0.05) is 40.9 Å². The van der Waals surface area contributed by atoms with Gasteiger partial charge >= 0.3 is 12.1 Å². The molecule has 230 valence electrons. The maximum absolute atomic E-state index is 13.5. The minimum Gasteiger partial charge on any atom is -0.495 e. The molecule has 1 aromatic heterocycles. The molecule has 1 unspecified atom stereocenters. The van der Waals surface area contributed by atoms with Gasteiger partial charge in [0.1, 0.15) is 17.5 Å². The molecule has 4 rings (SSSR count). The first kappa shape index (κ1) is 31.9. The fourth-order valence-corrected chi connectivity index (χ4v) is 4.87. The number of carboxylic acid groups (broad SMARTS) is 1. The molecule has 13 heteroatoms. The summed E-state index contributed by atoms with van der Waals surface area (Å²) in [7, 11) is 1.31. The van der Waals surface area contributed by atoms with E-state index in [9.17, 15) is 27.6 Å². The Morgan fingerprint density at radius 2 is 1.77 bits per heavy atom. The van der Waals surface area contributed by atoms with Crippen LogP contribution in [0.1, 0.15) is 49.0 Å². The molecule has 1 aliphatic carbocycles. The number of amides is 1. The Balaban J connectivity index is 1.69. The van der Waals surface area contributed by atoms with Crippen LogP contribution in [0.25, 0.3) is 11.1 Å². The van der Waals surface area contributed by atoms with E-state index in [0.29, 0.717) is 5.69 Å². The highest BCUT2D eigenvalue weighted by Gasteiger charge is 2.34. The number of alkyl halides is 3. The number of aromatic nitrogens is 1. The van der Waals surface area contributed by atoms with E-state index in [-0.39, 0.29) is 51.8 Å². The van der Waals surface area contributed by atoms with Crippen molar-refractivity contribution < 1.29 is 42.1 Å². The quantitative estimate of drug-likeness (QED) is 0.242. The lowest BCUT2D eigenvalue weighted by Crippen LogP contribution is -2.38. The SMILES string of the molecule is COc1cn(C(CCOC2(C)CCC2)C(=O)Nc2ccc(C(=O)O)cc2)c(=O)cc1-c1cc(Cl)ccc1OCC(F)(F)F. The minimum atomic E-state index is -4.60. The minimum absolute atomic E-state index is 0.0350.